The zero-order valence-electron chi connectivity index (χ0n) is 85.5. The molecule has 9 saturated carbocycles. The highest BCUT2D eigenvalue weighted by molar-refractivity contribution is 5.97. The van der Waals surface area contributed by atoms with Gasteiger partial charge in [-0.15, -0.1) is 0 Å². The van der Waals surface area contributed by atoms with Crippen molar-refractivity contribution in [3.63, 3.8) is 0 Å². The number of carbonyl (C=O) groups excluding carboxylic acids is 5. The van der Waals surface area contributed by atoms with Crippen LogP contribution in [0, 0.1) is 87.3 Å². The molecule has 12 fully saturated rings. The Hall–Kier alpha value is -9.10. The molecule has 12 aliphatic rings. The van der Waals surface area contributed by atoms with E-state index in [4.69, 9.17) is 34.5 Å². The van der Waals surface area contributed by atoms with Gasteiger partial charge in [-0.2, -0.15) is 15.2 Å². The van der Waals surface area contributed by atoms with Crippen LogP contribution in [-0.2, 0) is 48.5 Å². The number of methoxy groups -OCH3 is 3. The maximum Gasteiger partial charge on any atom is 0.335 e. The SMILES string of the molecule is CN(C)CCN.COc1c(CN2O[C@@H](CO)[C@@H]([C@H](C)O)[C@H]2C(=O)N[C@H]2C[C@H]3C[C@@H]([C@@H]2C)C3(C)C)cccc1-c1cccc(C(=O)NCCN(C)C)c1.COc1c(CN2O[C@@H](CO)[C@@H]([C@H](C)O)[C@H]2C(=O)N[C@H]2C[C@H]3C[C@@H]([C@@H]2C)C3(C)C)cccc1-c1cccc(C(=O)NCCN(C)C)c1.COc1c(CN2O[C@@H](CO)[C@@H]([C@H](C)O)[C@H]2C(=O)N[C@H]2C[C@H]3C[C@@H]([C@@H]2C)C3(C)C)cccc1-c1cccc(C(=O)O)c1. The number of rotatable bonds is 35. The molecule has 0 unspecified atom stereocenters. The number of likely N-dealkylation sites (N-methyl/N-ethyl adjacent to an activating group) is 3. The Morgan fingerprint density at radius 2 is 0.698 bits per heavy atom. The van der Waals surface area contributed by atoms with Crippen molar-refractivity contribution in [2.24, 2.45) is 93.0 Å². The van der Waals surface area contributed by atoms with Crippen molar-refractivity contribution in [3.8, 4) is 50.6 Å². The standard InChI is InChI=1S/2C36H52N4O6.C32H42N2O7.C4H12N2/c2*1-21-28-17-26(36(28,3)4)18-29(21)38-35(44)32-31(22(2)42)30(20-41)46-40(32)19-25-12-9-13-27(33(25)45-7)23-10-8-11-24(16-23)34(43)37-14-15-39(5)6;1-17-24-13-22(32(24,3)4)14-25(17)33-30(37)28-27(18(2)36)26(16-35)41-34(28)15-21-10-7-11-23(29(21)40-5)19-8-6-9-20(12-19)31(38)39;1-6(2)4-3-5/h2*8-13,16,21-22,26,28-32,41-42H,14-15,17-20H2,1-7H3,(H,37,43)(H,38,44);6-12,17-18,22,24-28,35-36H,13-16H2,1-5H3,(H,33,37)(H,38,39);3-5H2,1-2H3/t2*21-,22-,26+,28-,29-,30-,31+,32-;17-,18-,22+,24-,25-,26-,27+,28-;/m000./s1. The topological polar surface area (TPSA) is 405 Å². The molecule has 3 aliphatic heterocycles. The van der Waals surface area contributed by atoms with Crippen molar-refractivity contribution < 1.29 is 93.2 Å². The molecule has 14 N–H and O–H groups in total. The molecular formula is C108H158N12O19. The van der Waals surface area contributed by atoms with Gasteiger partial charge in [-0.25, -0.2) is 4.79 Å². The highest BCUT2D eigenvalue weighted by Crippen LogP contribution is 2.64. The zero-order chi connectivity index (χ0) is 101. The van der Waals surface area contributed by atoms with Crippen LogP contribution >= 0.6 is 0 Å². The molecule has 139 heavy (non-hydrogen) atoms. The number of fused-ring (bicyclic) bond motifs is 6. The van der Waals surface area contributed by atoms with Gasteiger partial charge < -0.3 is 97.0 Å². The maximum atomic E-state index is 14.1. The number of hydrogen-bond acceptors (Lipinski definition) is 25. The number of amides is 5. The largest absolute Gasteiger partial charge is 0.496 e. The Morgan fingerprint density at radius 3 is 0.928 bits per heavy atom. The lowest BCUT2D eigenvalue weighted by Crippen LogP contribution is -2.62. The number of carbonyl (C=O) groups is 6. The first-order valence-corrected chi connectivity index (χ1v) is 49.8. The number of para-hydroxylation sites is 3. The molecule has 3 heterocycles. The highest BCUT2D eigenvalue weighted by atomic mass is 16.7. The number of carboxylic acids is 1. The fourth-order valence-electron chi connectivity index (χ4n) is 24.2. The number of ether oxygens (including phenoxy) is 3. The number of hydrogen-bond donors (Lipinski definition) is 13. The number of aliphatic hydroxyl groups is 6. The predicted molar refractivity (Wildman–Crippen MR) is 534 cm³/mol. The van der Waals surface area contributed by atoms with Crippen molar-refractivity contribution >= 4 is 35.5 Å². The smallest absolute Gasteiger partial charge is 0.335 e. The summed E-state index contributed by atoms with van der Waals surface area (Å²) < 4.78 is 17.7. The van der Waals surface area contributed by atoms with Gasteiger partial charge in [-0.1, -0.05) is 153 Å². The lowest BCUT2D eigenvalue weighted by Gasteiger charge is -2.62. The summed E-state index contributed by atoms with van der Waals surface area (Å²) in [4.78, 5) is 104. The fourth-order valence-corrected chi connectivity index (χ4v) is 24.2. The summed E-state index contributed by atoms with van der Waals surface area (Å²) in [6, 6.07) is 36.3. The average molecular weight is 1930 g/mol. The van der Waals surface area contributed by atoms with Crippen LogP contribution in [-0.4, -0.2) is 297 Å². The van der Waals surface area contributed by atoms with Crippen LogP contribution in [0.1, 0.15) is 169 Å². The Morgan fingerprint density at radius 1 is 0.424 bits per heavy atom. The van der Waals surface area contributed by atoms with E-state index in [2.05, 4.69) is 93.8 Å². The van der Waals surface area contributed by atoms with Gasteiger partial charge in [0, 0.05) is 120 Å². The molecule has 0 radical (unpaired) electrons. The van der Waals surface area contributed by atoms with E-state index in [1.54, 1.807) is 81.6 Å². The lowest BCUT2D eigenvalue weighted by atomic mass is 9.45. The van der Waals surface area contributed by atoms with E-state index in [1.165, 1.54) is 25.3 Å². The van der Waals surface area contributed by atoms with E-state index in [0.717, 1.165) is 84.4 Å². The van der Waals surface area contributed by atoms with Crippen molar-refractivity contribution in [1.82, 2.24) is 56.5 Å². The van der Waals surface area contributed by atoms with E-state index >= 15 is 0 Å². The first kappa shape index (κ1) is 109. The van der Waals surface area contributed by atoms with Gasteiger partial charge in [0.05, 0.1) is 84.7 Å². The Labute approximate surface area is 822 Å². The molecule has 5 amide bonds. The second kappa shape index (κ2) is 47.0. The van der Waals surface area contributed by atoms with Gasteiger partial charge in [-0.3, -0.25) is 38.5 Å². The van der Waals surface area contributed by atoms with E-state index in [-0.39, 0.29) is 92.7 Å². The summed E-state index contributed by atoms with van der Waals surface area (Å²) in [6.45, 7) is 29.4. The van der Waals surface area contributed by atoms with Crippen LogP contribution in [0.4, 0.5) is 0 Å². The normalized spacial score (nSPS) is 29.0. The molecule has 0 aromatic heterocycles. The molecule has 0 spiro atoms. The molecule has 3 saturated heterocycles. The van der Waals surface area contributed by atoms with Crippen molar-refractivity contribution in [2.45, 2.75) is 214 Å². The molecule has 31 heteroatoms. The van der Waals surface area contributed by atoms with Crippen molar-refractivity contribution in [1.29, 1.82) is 0 Å². The molecule has 6 bridgehead atoms. The molecular weight excluding hydrogens is 1770 g/mol. The van der Waals surface area contributed by atoms with Gasteiger partial charge in [0.15, 0.2) is 0 Å². The van der Waals surface area contributed by atoms with E-state index in [0.29, 0.717) is 122 Å². The summed E-state index contributed by atoms with van der Waals surface area (Å²) in [5.41, 5.74) is 14.2. The minimum atomic E-state index is -1.02. The van der Waals surface area contributed by atoms with Gasteiger partial charge in [-0.05, 0) is 224 Å². The highest BCUT2D eigenvalue weighted by Gasteiger charge is 2.61. The van der Waals surface area contributed by atoms with Gasteiger partial charge in [0.1, 0.15) is 53.7 Å². The van der Waals surface area contributed by atoms with Crippen LogP contribution in [0.15, 0.2) is 127 Å². The monoisotopic (exact) mass is 1930 g/mol. The van der Waals surface area contributed by atoms with Crippen molar-refractivity contribution in [2.75, 3.05) is 123 Å². The number of nitrogens with one attached hydrogen (secondary N) is 5. The second-order valence-corrected chi connectivity index (χ2v) is 43.0. The molecule has 764 valence electrons. The molecule has 18 rings (SSSR count). The van der Waals surface area contributed by atoms with Crippen LogP contribution in [0.5, 0.6) is 17.2 Å². The minimum absolute atomic E-state index is 0.0447. The number of hydroxylamine groups is 6. The second-order valence-electron chi connectivity index (χ2n) is 43.0. The number of aromatic carboxylic acids is 1. The Balaban J connectivity index is 0.000000181. The summed E-state index contributed by atoms with van der Waals surface area (Å²) in [5, 5.41) is 93.0. The number of aliphatic hydroxyl groups excluding tert-OH is 6. The van der Waals surface area contributed by atoms with E-state index in [9.17, 15) is 64.5 Å². The third-order valence-corrected chi connectivity index (χ3v) is 32.6. The predicted octanol–water partition coefficient (Wildman–Crippen LogP) is 9.86. The first-order chi connectivity index (χ1) is 66.0. The van der Waals surface area contributed by atoms with E-state index in [1.807, 2.05) is 149 Å². The van der Waals surface area contributed by atoms with Crippen LogP contribution in [0.25, 0.3) is 33.4 Å². The van der Waals surface area contributed by atoms with Crippen LogP contribution in [0.2, 0.25) is 0 Å². The number of carboxylic acid groups (broad SMARTS) is 1. The summed E-state index contributed by atoms with van der Waals surface area (Å²) in [5.74, 6) is 2.42. The van der Waals surface area contributed by atoms with Crippen LogP contribution in [0.3, 0.4) is 0 Å². The number of nitrogens with zero attached hydrogens (tertiary/aromatic N) is 6. The maximum absolute atomic E-state index is 14.1. The quantitative estimate of drug-likeness (QED) is 0.0176. The van der Waals surface area contributed by atoms with Gasteiger partial charge >= 0.3 is 5.97 Å². The summed E-state index contributed by atoms with van der Waals surface area (Å²) >= 11 is 0. The number of benzene rings is 6. The number of nitrogens with two attached hydrogens (primary N) is 1. The van der Waals surface area contributed by atoms with Gasteiger partial charge in [0.25, 0.3) is 11.8 Å². The van der Waals surface area contributed by atoms with Crippen LogP contribution < -0.4 is 46.5 Å². The molecule has 6 aromatic rings. The third-order valence-electron chi connectivity index (χ3n) is 32.6. The van der Waals surface area contributed by atoms with E-state index < -0.39 is 78.5 Å². The molecule has 6 aromatic carbocycles. The molecule has 24 atom stereocenters. The third kappa shape index (κ3) is 24.0. The Bertz CT molecular complexity index is 4960. The fraction of sp³-hybridized carbons (Fsp3) is 0.611. The summed E-state index contributed by atoms with van der Waals surface area (Å²) in [6.07, 6.45) is 1.57. The zero-order valence-corrected chi connectivity index (χ0v) is 85.5. The molecule has 9 aliphatic carbocycles. The van der Waals surface area contributed by atoms with Crippen molar-refractivity contribution in [3.05, 3.63) is 161 Å². The first-order valence-electron chi connectivity index (χ1n) is 49.8. The Kier molecular flexibility index (Phi) is 36.7. The van der Waals surface area contributed by atoms with Gasteiger partial charge in [0.2, 0.25) is 17.7 Å². The molecule has 31 nitrogen and oxygen atoms in total. The lowest BCUT2D eigenvalue weighted by molar-refractivity contribution is -0.183. The minimum Gasteiger partial charge on any atom is -0.496 e. The average Bonchev–Trinajstić information content (AvgIpc) is 1.48. The summed E-state index contributed by atoms with van der Waals surface area (Å²) in [7, 11) is 16.6.